The van der Waals surface area contributed by atoms with Gasteiger partial charge in [-0.3, -0.25) is 4.79 Å². The first-order valence-corrected chi connectivity index (χ1v) is 7.65. The highest BCUT2D eigenvalue weighted by molar-refractivity contribution is 5.86. The molecule has 2 bridgehead atoms. The van der Waals surface area contributed by atoms with Crippen LogP contribution >= 0.6 is 0 Å². The second-order valence-electron chi connectivity index (χ2n) is 6.16. The van der Waals surface area contributed by atoms with Crippen molar-refractivity contribution in [1.29, 1.82) is 0 Å². The standard InChI is InChI=1S/C16H18F2N2O3/c17-16(18,10-4-2-1-3-5-10)14(21)20-12-6-7-13(20)9-11(8-12)19-15(22)23/h1-5,11-13,19H,6-9H2,(H,22,23). The molecule has 0 aromatic heterocycles. The summed E-state index contributed by atoms with van der Waals surface area (Å²) in [7, 11) is 0. The van der Waals surface area contributed by atoms with Gasteiger partial charge in [0, 0.05) is 23.7 Å². The molecule has 2 fully saturated rings. The van der Waals surface area contributed by atoms with Gasteiger partial charge in [-0.2, -0.15) is 8.78 Å². The smallest absolute Gasteiger partial charge is 0.404 e. The Bertz CT molecular complexity index is 595. The molecule has 5 nitrogen and oxygen atoms in total. The molecular weight excluding hydrogens is 306 g/mol. The zero-order valence-electron chi connectivity index (χ0n) is 12.4. The zero-order chi connectivity index (χ0) is 16.6. The van der Waals surface area contributed by atoms with Gasteiger partial charge >= 0.3 is 12.0 Å². The van der Waals surface area contributed by atoms with E-state index >= 15 is 0 Å². The highest BCUT2D eigenvalue weighted by Crippen LogP contribution is 2.40. The van der Waals surface area contributed by atoms with Gasteiger partial charge in [0.05, 0.1) is 0 Å². The van der Waals surface area contributed by atoms with Gasteiger partial charge in [-0.05, 0) is 25.7 Å². The van der Waals surface area contributed by atoms with Crippen molar-refractivity contribution in [2.45, 2.75) is 49.7 Å². The average molecular weight is 324 g/mol. The Kier molecular flexibility index (Phi) is 3.95. The highest BCUT2D eigenvalue weighted by atomic mass is 19.3. The lowest BCUT2D eigenvalue weighted by Gasteiger charge is -2.40. The van der Waals surface area contributed by atoms with Crippen LogP contribution in [-0.2, 0) is 10.7 Å². The summed E-state index contributed by atoms with van der Waals surface area (Å²) >= 11 is 0. The van der Waals surface area contributed by atoms with Crippen LogP contribution in [-0.4, -0.2) is 40.1 Å². The first kappa shape index (κ1) is 15.7. The van der Waals surface area contributed by atoms with Crippen molar-refractivity contribution in [2.24, 2.45) is 0 Å². The van der Waals surface area contributed by atoms with Gasteiger partial charge in [0.15, 0.2) is 0 Å². The Balaban J connectivity index is 1.78. The number of nitrogens with one attached hydrogen (secondary N) is 1. The van der Waals surface area contributed by atoms with E-state index in [1.165, 1.54) is 29.2 Å². The number of piperidine rings is 1. The van der Waals surface area contributed by atoms with E-state index in [-0.39, 0.29) is 23.7 Å². The maximum Gasteiger partial charge on any atom is 0.404 e. The van der Waals surface area contributed by atoms with Crippen LogP contribution in [0.15, 0.2) is 30.3 Å². The minimum atomic E-state index is -3.56. The van der Waals surface area contributed by atoms with Gasteiger partial charge in [-0.1, -0.05) is 30.3 Å². The van der Waals surface area contributed by atoms with Gasteiger partial charge in [0.25, 0.3) is 5.91 Å². The Labute approximate surface area is 132 Å². The van der Waals surface area contributed by atoms with E-state index in [2.05, 4.69) is 5.32 Å². The number of carbonyl (C=O) groups is 2. The molecule has 2 saturated heterocycles. The van der Waals surface area contributed by atoms with Gasteiger partial charge < -0.3 is 15.3 Å². The molecule has 2 unspecified atom stereocenters. The lowest BCUT2D eigenvalue weighted by Crippen LogP contribution is -2.55. The summed E-state index contributed by atoms with van der Waals surface area (Å²) < 4.78 is 29.0. The normalized spacial score (nSPS) is 26.9. The van der Waals surface area contributed by atoms with Crippen LogP contribution in [0.1, 0.15) is 31.2 Å². The van der Waals surface area contributed by atoms with E-state index in [4.69, 9.17) is 5.11 Å². The molecule has 0 saturated carbocycles. The summed E-state index contributed by atoms with van der Waals surface area (Å²) in [5, 5.41) is 11.2. The number of amides is 2. The van der Waals surface area contributed by atoms with Gasteiger partial charge in [0.2, 0.25) is 0 Å². The Morgan fingerprint density at radius 1 is 1.13 bits per heavy atom. The molecule has 0 radical (unpaired) electrons. The molecule has 2 aliphatic rings. The second-order valence-corrected chi connectivity index (χ2v) is 6.16. The summed E-state index contributed by atoms with van der Waals surface area (Å²) in [6, 6.07) is 6.15. The predicted molar refractivity (Wildman–Crippen MR) is 78.2 cm³/mol. The van der Waals surface area contributed by atoms with Crippen LogP contribution in [0.2, 0.25) is 0 Å². The largest absolute Gasteiger partial charge is 0.465 e. The number of nitrogens with zero attached hydrogens (tertiary/aromatic N) is 1. The summed E-state index contributed by atoms with van der Waals surface area (Å²) in [6.07, 6.45) is 0.931. The van der Waals surface area contributed by atoms with Crippen molar-refractivity contribution in [3.63, 3.8) is 0 Å². The molecule has 2 heterocycles. The van der Waals surface area contributed by atoms with E-state index in [0.29, 0.717) is 25.7 Å². The number of halogens is 2. The third-order valence-electron chi connectivity index (χ3n) is 4.70. The van der Waals surface area contributed by atoms with E-state index < -0.39 is 17.9 Å². The molecule has 7 heteroatoms. The Hall–Kier alpha value is -2.18. The van der Waals surface area contributed by atoms with Crippen LogP contribution in [0.4, 0.5) is 13.6 Å². The summed E-state index contributed by atoms with van der Waals surface area (Å²) in [5.41, 5.74) is -0.310. The quantitative estimate of drug-likeness (QED) is 0.898. The van der Waals surface area contributed by atoms with Gasteiger partial charge in [-0.15, -0.1) is 0 Å². The second kappa shape index (κ2) is 5.79. The van der Waals surface area contributed by atoms with Crippen molar-refractivity contribution in [1.82, 2.24) is 10.2 Å². The summed E-state index contributed by atoms with van der Waals surface area (Å²) in [5.74, 6) is -4.74. The zero-order valence-corrected chi connectivity index (χ0v) is 12.4. The fourth-order valence-electron chi connectivity index (χ4n) is 3.73. The fraction of sp³-hybridized carbons (Fsp3) is 0.500. The monoisotopic (exact) mass is 324 g/mol. The molecule has 23 heavy (non-hydrogen) atoms. The molecule has 1 aromatic rings. The van der Waals surface area contributed by atoms with E-state index in [0.717, 1.165) is 0 Å². The first-order valence-electron chi connectivity index (χ1n) is 7.65. The van der Waals surface area contributed by atoms with E-state index in [1.807, 2.05) is 0 Å². The minimum absolute atomic E-state index is 0.278. The molecule has 0 aliphatic carbocycles. The molecule has 124 valence electrons. The number of hydrogen-bond acceptors (Lipinski definition) is 2. The molecule has 2 aliphatic heterocycles. The molecular formula is C16H18F2N2O3. The number of hydrogen-bond donors (Lipinski definition) is 2. The third-order valence-corrected chi connectivity index (χ3v) is 4.70. The van der Waals surface area contributed by atoms with Crippen molar-refractivity contribution in [3.05, 3.63) is 35.9 Å². The lowest BCUT2D eigenvalue weighted by molar-refractivity contribution is -0.164. The Morgan fingerprint density at radius 3 is 2.22 bits per heavy atom. The van der Waals surface area contributed by atoms with Crippen molar-refractivity contribution < 1.29 is 23.5 Å². The minimum Gasteiger partial charge on any atom is -0.465 e. The molecule has 2 atom stereocenters. The van der Waals surface area contributed by atoms with Crippen LogP contribution in [0.25, 0.3) is 0 Å². The van der Waals surface area contributed by atoms with E-state index in [9.17, 15) is 18.4 Å². The topological polar surface area (TPSA) is 69.6 Å². The van der Waals surface area contributed by atoms with Crippen LogP contribution in [0.5, 0.6) is 0 Å². The molecule has 0 spiro atoms. The lowest BCUT2D eigenvalue weighted by atomic mass is 9.95. The predicted octanol–water partition coefficient (Wildman–Crippen LogP) is 2.57. The molecule has 3 rings (SSSR count). The first-order chi connectivity index (χ1) is 10.9. The highest BCUT2D eigenvalue weighted by Gasteiger charge is 2.52. The number of carbonyl (C=O) groups excluding carboxylic acids is 1. The number of alkyl halides is 2. The van der Waals surface area contributed by atoms with Gasteiger partial charge in [-0.25, -0.2) is 4.79 Å². The number of benzene rings is 1. The Morgan fingerprint density at radius 2 is 1.70 bits per heavy atom. The summed E-state index contributed by atoms with van der Waals surface area (Å²) in [4.78, 5) is 24.5. The molecule has 1 aromatic carbocycles. The van der Waals surface area contributed by atoms with Crippen molar-refractivity contribution >= 4 is 12.0 Å². The van der Waals surface area contributed by atoms with Gasteiger partial charge in [0.1, 0.15) is 0 Å². The SMILES string of the molecule is O=C(O)NC1CC2CCC(C1)N2C(=O)C(F)(F)c1ccccc1. The maximum absolute atomic E-state index is 14.5. The molecule has 2 amide bonds. The number of carboxylic acid groups (broad SMARTS) is 1. The van der Waals surface area contributed by atoms with Crippen molar-refractivity contribution in [2.75, 3.05) is 0 Å². The summed E-state index contributed by atoms with van der Waals surface area (Å²) in [6.45, 7) is 0. The van der Waals surface area contributed by atoms with E-state index in [1.54, 1.807) is 6.07 Å². The van der Waals surface area contributed by atoms with Crippen molar-refractivity contribution in [3.8, 4) is 0 Å². The molecule has 2 N–H and O–H groups in total. The fourth-order valence-corrected chi connectivity index (χ4v) is 3.73. The van der Waals surface area contributed by atoms with Crippen LogP contribution in [0.3, 0.4) is 0 Å². The maximum atomic E-state index is 14.5. The van der Waals surface area contributed by atoms with Crippen LogP contribution in [0, 0.1) is 0 Å². The third kappa shape index (κ3) is 2.87. The van der Waals surface area contributed by atoms with Crippen LogP contribution < -0.4 is 5.32 Å². The average Bonchev–Trinajstić information content (AvgIpc) is 2.77. The number of fused-ring (bicyclic) bond motifs is 2. The number of rotatable bonds is 3.